The first-order chi connectivity index (χ1) is 12.0. The van der Waals surface area contributed by atoms with Crippen molar-refractivity contribution in [2.24, 2.45) is 7.05 Å². The predicted octanol–water partition coefficient (Wildman–Crippen LogP) is 3.84. The van der Waals surface area contributed by atoms with Gasteiger partial charge in [0.05, 0.1) is 10.0 Å². The Bertz CT molecular complexity index is 952. The zero-order chi connectivity index (χ0) is 17.8. The second kappa shape index (κ2) is 7.46. The van der Waals surface area contributed by atoms with Crippen LogP contribution in [0.1, 0.15) is 5.56 Å². The van der Waals surface area contributed by atoms with Gasteiger partial charge in [0, 0.05) is 24.4 Å². The normalized spacial score (nSPS) is 11.0. The number of rotatable bonds is 4. The molecule has 0 aliphatic heterocycles. The predicted molar refractivity (Wildman–Crippen MR) is 98.4 cm³/mol. The van der Waals surface area contributed by atoms with Crippen LogP contribution in [0.5, 0.6) is 0 Å². The number of aromatic nitrogens is 4. The Kier molecular flexibility index (Phi) is 5.11. The van der Waals surface area contributed by atoms with Gasteiger partial charge in [0.15, 0.2) is 5.82 Å². The highest BCUT2D eigenvalue weighted by Gasteiger charge is 2.07. The van der Waals surface area contributed by atoms with Gasteiger partial charge in [0.25, 0.3) is 0 Å². The third kappa shape index (κ3) is 4.04. The Morgan fingerprint density at radius 2 is 2.00 bits per heavy atom. The molecule has 6 nitrogen and oxygen atoms in total. The average Bonchev–Trinajstić information content (AvgIpc) is 3.02. The lowest BCUT2D eigenvalue weighted by Crippen LogP contribution is -2.07. The number of carbonyl (C=O) groups is 1. The van der Waals surface area contributed by atoms with Crippen molar-refractivity contribution in [1.82, 2.24) is 20.2 Å². The van der Waals surface area contributed by atoms with Crippen LogP contribution in [0.3, 0.4) is 0 Å². The van der Waals surface area contributed by atoms with Gasteiger partial charge in [-0.05, 0) is 40.3 Å². The van der Waals surface area contributed by atoms with Crippen LogP contribution in [0.2, 0.25) is 10.0 Å². The minimum Gasteiger partial charge on any atom is -0.322 e. The molecule has 0 unspecified atom stereocenters. The minimum atomic E-state index is -0.288. The van der Waals surface area contributed by atoms with Crippen molar-refractivity contribution in [2.45, 2.75) is 0 Å². The van der Waals surface area contributed by atoms with Gasteiger partial charge in [0.1, 0.15) is 0 Å². The molecular weight excluding hydrogens is 361 g/mol. The van der Waals surface area contributed by atoms with Crippen LogP contribution in [-0.4, -0.2) is 26.1 Å². The Hall–Kier alpha value is -2.70. The van der Waals surface area contributed by atoms with E-state index in [0.29, 0.717) is 27.1 Å². The molecule has 0 fully saturated rings. The van der Waals surface area contributed by atoms with Gasteiger partial charge in [-0.3, -0.25) is 4.79 Å². The first-order valence-electron chi connectivity index (χ1n) is 7.30. The van der Waals surface area contributed by atoms with Crippen molar-refractivity contribution in [3.8, 4) is 11.4 Å². The third-order valence-electron chi connectivity index (χ3n) is 3.40. The number of hydrogen-bond donors (Lipinski definition) is 1. The number of aryl methyl sites for hydroxylation is 1. The number of nitrogens with zero attached hydrogens (tertiary/aromatic N) is 4. The molecule has 3 rings (SSSR count). The van der Waals surface area contributed by atoms with Crippen LogP contribution in [0.4, 0.5) is 5.69 Å². The number of benzene rings is 2. The topological polar surface area (TPSA) is 72.7 Å². The summed E-state index contributed by atoms with van der Waals surface area (Å²) in [7, 11) is 1.75. The zero-order valence-corrected chi connectivity index (χ0v) is 14.7. The summed E-state index contributed by atoms with van der Waals surface area (Å²) >= 11 is 12.0. The number of hydrogen-bond acceptors (Lipinski definition) is 4. The maximum atomic E-state index is 12.1. The van der Waals surface area contributed by atoms with E-state index in [9.17, 15) is 4.79 Å². The molecule has 0 aliphatic rings. The van der Waals surface area contributed by atoms with Crippen molar-refractivity contribution < 1.29 is 4.79 Å². The highest BCUT2D eigenvalue weighted by Crippen LogP contribution is 2.26. The summed E-state index contributed by atoms with van der Waals surface area (Å²) in [5.74, 6) is 0.321. The molecule has 8 heteroatoms. The number of amides is 1. The maximum Gasteiger partial charge on any atom is 0.248 e. The molecule has 0 radical (unpaired) electrons. The van der Waals surface area contributed by atoms with Gasteiger partial charge in [-0.15, -0.1) is 5.10 Å². The van der Waals surface area contributed by atoms with Gasteiger partial charge in [0.2, 0.25) is 5.91 Å². The van der Waals surface area contributed by atoms with E-state index in [0.717, 1.165) is 5.56 Å². The van der Waals surface area contributed by atoms with E-state index in [1.54, 1.807) is 48.1 Å². The average molecular weight is 374 g/mol. The quantitative estimate of drug-likeness (QED) is 0.705. The largest absolute Gasteiger partial charge is 0.322 e. The summed E-state index contributed by atoms with van der Waals surface area (Å²) in [6, 6.07) is 12.5. The second-order valence-electron chi connectivity index (χ2n) is 5.17. The molecule has 3 aromatic rings. The molecule has 0 spiro atoms. The molecular formula is C17H13Cl2N5O. The highest BCUT2D eigenvalue weighted by atomic mass is 35.5. The number of carbonyl (C=O) groups excluding carboxylic acids is 1. The van der Waals surface area contributed by atoms with Gasteiger partial charge < -0.3 is 5.32 Å². The van der Waals surface area contributed by atoms with Crippen LogP contribution in [0, 0.1) is 0 Å². The second-order valence-corrected chi connectivity index (χ2v) is 5.96. The lowest BCUT2D eigenvalue weighted by Gasteiger charge is -2.05. The standard InChI is InChI=1S/C17H13Cl2N5O/c1-24-17(21-22-23-24)12-5-2-6-13(10-12)20-15(25)9-8-11-4-3-7-14(18)16(11)19/h2-10H,1H3,(H,20,25)/b9-8+. The maximum absolute atomic E-state index is 12.1. The van der Waals surface area contributed by atoms with Gasteiger partial charge >= 0.3 is 0 Å². The van der Waals surface area contributed by atoms with E-state index in [1.165, 1.54) is 6.08 Å². The number of tetrazole rings is 1. The van der Waals surface area contributed by atoms with Crippen molar-refractivity contribution in [3.05, 3.63) is 64.1 Å². The molecule has 25 heavy (non-hydrogen) atoms. The van der Waals surface area contributed by atoms with Gasteiger partial charge in [-0.25, -0.2) is 4.68 Å². The fourth-order valence-electron chi connectivity index (χ4n) is 2.21. The molecule has 0 saturated carbocycles. The Morgan fingerprint density at radius 1 is 1.20 bits per heavy atom. The third-order valence-corrected chi connectivity index (χ3v) is 4.24. The van der Waals surface area contributed by atoms with Crippen LogP contribution >= 0.6 is 23.2 Å². The van der Waals surface area contributed by atoms with Crippen molar-refractivity contribution in [1.29, 1.82) is 0 Å². The summed E-state index contributed by atoms with van der Waals surface area (Å²) in [6.07, 6.45) is 3.01. The minimum absolute atomic E-state index is 0.288. The molecule has 0 atom stereocenters. The Labute approximate surface area is 154 Å². The molecule has 1 heterocycles. The van der Waals surface area contributed by atoms with Gasteiger partial charge in [-0.1, -0.05) is 47.5 Å². The Balaban J connectivity index is 1.74. The van der Waals surface area contributed by atoms with E-state index in [2.05, 4.69) is 20.8 Å². The van der Waals surface area contributed by atoms with Crippen molar-refractivity contribution in [2.75, 3.05) is 5.32 Å². The fourth-order valence-corrected chi connectivity index (χ4v) is 2.58. The first kappa shape index (κ1) is 17.1. The van der Waals surface area contributed by atoms with Crippen LogP contribution in [0.15, 0.2) is 48.5 Å². The fraction of sp³-hybridized carbons (Fsp3) is 0.0588. The number of halogens is 2. The van der Waals surface area contributed by atoms with Crippen molar-refractivity contribution in [3.63, 3.8) is 0 Å². The van der Waals surface area contributed by atoms with Crippen LogP contribution in [0.25, 0.3) is 17.5 Å². The summed E-state index contributed by atoms with van der Waals surface area (Å²) in [5.41, 5.74) is 2.10. The van der Waals surface area contributed by atoms with Gasteiger partial charge in [-0.2, -0.15) is 0 Å². The smallest absolute Gasteiger partial charge is 0.248 e. The summed E-state index contributed by atoms with van der Waals surface area (Å²) < 4.78 is 1.56. The first-order valence-corrected chi connectivity index (χ1v) is 8.06. The molecule has 0 bridgehead atoms. The molecule has 2 aromatic carbocycles. The van der Waals surface area contributed by atoms with Crippen molar-refractivity contribution >= 4 is 40.9 Å². The Morgan fingerprint density at radius 3 is 2.76 bits per heavy atom. The highest BCUT2D eigenvalue weighted by molar-refractivity contribution is 6.42. The lowest BCUT2D eigenvalue weighted by atomic mass is 10.2. The SMILES string of the molecule is Cn1nnnc1-c1cccc(NC(=O)/C=C/c2cccc(Cl)c2Cl)c1. The molecule has 1 amide bonds. The van der Waals surface area contributed by atoms with Crippen LogP contribution < -0.4 is 5.32 Å². The molecule has 1 N–H and O–H groups in total. The number of anilines is 1. The summed E-state index contributed by atoms with van der Waals surface area (Å²) in [4.78, 5) is 12.1. The van der Waals surface area contributed by atoms with Crippen LogP contribution in [-0.2, 0) is 11.8 Å². The monoisotopic (exact) mass is 373 g/mol. The molecule has 126 valence electrons. The lowest BCUT2D eigenvalue weighted by molar-refractivity contribution is -0.111. The molecule has 1 aromatic heterocycles. The van der Waals surface area contributed by atoms with E-state index >= 15 is 0 Å². The van der Waals surface area contributed by atoms with E-state index in [4.69, 9.17) is 23.2 Å². The van der Waals surface area contributed by atoms with E-state index < -0.39 is 0 Å². The molecule has 0 aliphatic carbocycles. The summed E-state index contributed by atoms with van der Waals surface area (Å²) in [5, 5.41) is 15.0. The zero-order valence-electron chi connectivity index (χ0n) is 13.1. The van der Waals surface area contributed by atoms with E-state index in [1.807, 2.05) is 12.1 Å². The molecule has 0 saturated heterocycles. The number of nitrogens with one attached hydrogen (secondary N) is 1. The van der Waals surface area contributed by atoms with E-state index in [-0.39, 0.29) is 5.91 Å². The summed E-state index contributed by atoms with van der Waals surface area (Å²) in [6.45, 7) is 0.